The standard InChI is InChI=1S/C12H23N7O2/c1-17(2)7-4-8-18(3)10(20)6-5-9-11(21)19(14)12(13)16-15-9/h4-8,14H2,1-3H3,(H2,13,16). The van der Waals surface area contributed by atoms with E-state index in [0.29, 0.717) is 6.54 Å². The lowest BCUT2D eigenvalue weighted by Crippen LogP contribution is -2.35. The summed E-state index contributed by atoms with van der Waals surface area (Å²) in [6, 6.07) is 0. The Hall–Kier alpha value is -2.16. The van der Waals surface area contributed by atoms with Gasteiger partial charge in [0.05, 0.1) is 0 Å². The third kappa shape index (κ3) is 5.03. The Balaban J connectivity index is 2.49. The molecule has 0 aliphatic heterocycles. The van der Waals surface area contributed by atoms with Gasteiger partial charge in [-0.25, -0.2) is 0 Å². The minimum atomic E-state index is -0.523. The molecule has 0 fully saturated rings. The highest BCUT2D eigenvalue weighted by Crippen LogP contribution is 1.99. The van der Waals surface area contributed by atoms with Gasteiger partial charge in [0.1, 0.15) is 5.69 Å². The summed E-state index contributed by atoms with van der Waals surface area (Å²) in [7, 11) is 5.72. The fourth-order valence-electron chi connectivity index (χ4n) is 1.77. The van der Waals surface area contributed by atoms with Crippen LogP contribution in [0.25, 0.3) is 0 Å². The summed E-state index contributed by atoms with van der Waals surface area (Å²) in [5.74, 6) is 5.22. The van der Waals surface area contributed by atoms with Gasteiger partial charge in [0.15, 0.2) is 0 Å². The topological polar surface area (TPSA) is 123 Å². The van der Waals surface area contributed by atoms with Crippen LogP contribution in [0.3, 0.4) is 0 Å². The average molecular weight is 297 g/mol. The first-order valence-electron chi connectivity index (χ1n) is 6.70. The van der Waals surface area contributed by atoms with Crippen LogP contribution in [0.1, 0.15) is 18.5 Å². The first kappa shape index (κ1) is 16.9. The van der Waals surface area contributed by atoms with Crippen molar-refractivity contribution in [2.45, 2.75) is 19.3 Å². The van der Waals surface area contributed by atoms with Gasteiger partial charge in [-0.3, -0.25) is 9.59 Å². The van der Waals surface area contributed by atoms with E-state index in [4.69, 9.17) is 11.6 Å². The molecular formula is C12H23N7O2. The van der Waals surface area contributed by atoms with E-state index in [-0.39, 0.29) is 30.4 Å². The number of carbonyl (C=O) groups is 1. The lowest BCUT2D eigenvalue weighted by Gasteiger charge is -2.18. The Morgan fingerprint density at radius 1 is 1.24 bits per heavy atom. The molecule has 4 N–H and O–H groups in total. The number of nitrogen functional groups attached to an aromatic ring is 2. The summed E-state index contributed by atoms with van der Waals surface area (Å²) < 4.78 is 0.730. The minimum absolute atomic E-state index is 0.0460. The average Bonchev–Trinajstić information content (AvgIpc) is 2.43. The highest BCUT2D eigenvalue weighted by Gasteiger charge is 2.13. The first-order chi connectivity index (χ1) is 9.82. The Morgan fingerprint density at radius 2 is 1.90 bits per heavy atom. The minimum Gasteiger partial charge on any atom is -0.366 e. The van der Waals surface area contributed by atoms with E-state index < -0.39 is 5.56 Å². The number of aromatic nitrogens is 3. The van der Waals surface area contributed by atoms with Gasteiger partial charge in [-0.2, -0.15) is 4.68 Å². The SMILES string of the molecule is CN(C)CCCN(C)C(=O)CCc1nnc(N)n(N)c1=O. The highest BCUT2D eigenvalue weighted by atomic mass is 16.2. The Labute approximate surface area is 123 Å². The van der Waals surface area contributed by atoms with Crippen molar-refractivity contribution in [3.63, 3.8) is 0 Å². The second-order valence-electron chi connectivity index (χ2n) is 5.15. The summed E-state index contributed by atoms with van der Waals surface area (Å²) in [6.07, 6.45) is 1.28. The van der Waals surface area contributed by atoms with Crippen LogP contribution >= 0.6 is 0 Å². The van der Waals surface area contributed by atoms with Gasteiger partial charge in [-0.05, 0) is 27.1 Å². The molecule has 9 nitrogen and oxygen atoms in total. The maximum Gasteiger partial charge on any atom is 0.295 e. The Bertz CT molecular complexity index is 541. The highest BCUT2D eigenvalue weighted by molar-refractivity contribution is 5.76. The van der Waals surface area contributed by atoms with Crippen LogP contribution in [0.15, 0.2) is 4.79 Å². The van der Waals surface area contributed by atoms with Crippen molar-refractivity contribution in [1.29, 1.82) is 0 Å². The lowest BCUT2D eigenvalue weighted by molar-refractivity contribution is -0.129. The van der Waals surface area contributed by atoms with Gasteiger partial charge >= 0.3 is 0 Å². The maximum atomic E-state index is 12.0. The molecule has 1 aromatic heterocycles. The molecule has 21 heavy (non-hydrogen) atoms. The second kappa shape index (κ2) is 7.58. The van der Waals surface area contributed by atoms with E-state index in [1.165, 1.54) is 0 Å². The molecule has 0 aliphatic carbocycles. The van der Waals surface area contributed by atoms with Gasteiger partial charge in [0.25, 0.3) is 5.56 Å². The first-order valence-corrected chi connectivity index (χ1v) is 6.70. The largest absolute Gasteiger partial charge is 0.366 e. The molecule has 0 aromatic carbocycles. The van der Waals surface area contributed by atoms with Crippen LogP contribution in [0.5, 0.6) is 0 Å². The summed E-state index contributed by atoms with van der Waals surface area (Å²) in [5.41, 5.74) is 4.98. The number of nitrogens with two attached hydrogens (primary N) is 2. The molecular weight excluding hydrogens is 274 g/mol. The smallest absolute Gasteiger partial charge is 0.295 e. The number of rotatable bonds is 7. The van der Waals surface area contributed by atoms with Gasteiger partial charge < -0.3 is 21.4 Å². The van der Waals surface area contributed by atoms with Gasteiger partial charge in [-0.15, -0.1) is 10.2 Å². The second-order valence-corrected chi connectivity index (χ2v) is 5.15. The van der Waals surface area contributed by atoms with Crippen molar-refractivity contribution in [2.75, 3.05) is 45.8 Å². The summed E-state index contributed by atoms with van der Waals surface area (Å²) in [5, 5.41) is 7.26. The van der Waals surface area contributed by atoms with Gasteiger partial charge in [0, 0.05) is 26.4 Å². The fourth-order valence-corrected chi connectivity index (χ4v) is 1.77. The molecule has 0 bridgehead atoms. The molecule has 0 spiro atoms. The van der Waals surface area contributed by atoms with E-state index in [1.54, 1.807) is 11.9 Å². The molecule has 0 unspecified atom stereocenters. The van der Waals surface area contributed by atoms with Crippen molar-refractivity contribution >= 4 is 11.9 Å². The number of amides is 1. The molecule has 118 valence electrons. The van der Waals surface area contributed by atoms with Gasteiger partial charge in [0.2, 0.25) is 11.9 Å². The number of hydrogen-bond acceptors (Lipinski definition) is 7. The zero-order valence-electron chi connectivity index (χ0n) is 12.7. The number of aryl methyl sites for hydroxylation is 1. The predicted octanol–water partition coefficient (Wildman–Crippen LogP) is -1.72. The van der Waals surface area contributed by atoms with Crippen molar-refractivity contribution < 1.29 is 4.79 Å². The van der Waals surface area contributed by atoms with Crippen LogP contribution < -0.4 is 17.1 Å². The molecule has 0 radical (unpaired) electrons. The normalized spacial score (nSPS) is 10.9. The maximum absolute atomic E-state index is 12.0. The quantitative estimate of drug-likeness (QED) is 0.573. The molecule has 0 aliphatic rings. The third-order valence-corrected chi connectivity index (χ3v) is 3.09. The summed E-state index contributed by atoms with van der Waals surface area (Å²) in [4.78, 5) is 27.4. The molecule has 1 aromatic rings. The van der Waals surface area contributed by atoms with E-state index in [1.807, 2.05) is 14.1 Å². The van der Waals surface area contributed by atoms with Crippen molar-refractivity contribution in [3.8, 4) is 0 Å². The molecule has 0 saturated heterocycles. The Morgan fingerprint density at radius 3 is 2.52 bits per heavy atom. The van der Waals surface area contributed by atoms with E-state index in [2.05, 4.69) is 15.1 Å². The van der Waals surface area contributed by atoms with Crippen molar-refractivity contribution in [1.82, 2.24) is 24.7 Å². The van der Waals surface area contributed by atoms with Crippen LogP contribution in [0.2, 0.25) is 0 Å². The number of carbonyl (C=O) groups excluding carboxylic acids is 1. The zero-order chi connectivity index (χ0) is 16.0. The molecule has 1 heterocycles. The number of nitrogens with zero attached hydrogens (tertiary/aromatic N) is 5. The lowest BCUT2D eigenvalue weighted by atomic mass is 10.2. The third-order valence-electron chi connectivity index (χ3n) is 3.09. The summed E-state index contributed by atoms with van der Waals surface area (Å²) in [6.45, 7) is 1.59. The Kier molecular flexibility index (Phi) is 6.10. The monoisotopic (exact) mass is 297 g/mol. The van der Waals surface area contributed by atoms with Crippen LogP contribution in [-0.2, 0) is 11.2 Å². The van der Waals surface area contributed by atoms with Gasteiger partial charge in [-0.1, -0.05) is 0 Å². The molecule has 9 heteroatoms. The van der Waals surface area contributed by atoms with Crippen LogP contribution in [0.4, 0.5) is 5.95 Å². The van der Waals surface area contributed by atoms with Crippen LogP contribution in [0, 0.1) is 0 Å². The molecule has 0 atom stereocenters. The zero-order valence-corrected chi connectivity index (χ0v) is 12.7. The number of hydrogen-bond donors (Lipinski definition) is 2. The summed E-state index contributed by atoms with van der Waals surface area (Å²) >= 11 is 0. The predicted molar refractivity (Wildman–Crippen MR) is 80.0 cm³/mol. The number of anilines is 1. The molecule has 1 amide bonds. The molecule has 1 rings (SSSR count). The van der Waals surface area contributed by atoms with E-state index in [0.717, 1.165) is 17.6 Å². The van der Waals surface area contributed by atoms with Crippen LogP contribution in [-0.4, -0.2) is 64.8 Å². The molecule has 0 saturated carbocycles. The van der Waals surface area contributed by atoms with Crippen molar-refractivity contribution in [2.24, 2.45) is 0 Å². The fraction of sp³-hybridized carbons (Fsp3) is 0.667. The van der Waals surface area contributed by atoms with E-state index in [9.17, 15) is 9.59 Å². The van der Waals surface area contributed by atoms with Crippen molar-refractivity contribution in [3.05, 3.63) is 16.0 Å². The van der Waals surface area contributed by atoms with E-state index >= 15 is 0 Å².